The molecule has 1 aromatic carbocycles. The van der Waals surface area contributed by atoms with Crippen molar-refractivity contribution in [3.05, 3.63) is 35.4 Å². The Labute approximate surface area is 123 Å². The first-order chi connectivity index (χ1) is 9.52. The number of benzene rings is 1. The van der Waals surface area contributed by atoms with E-state index in [1.165, 1.54) is 11.1 Å². The molecule has 0 fully saturated rings. The first-order valence-corrected chi connectivity index (χ1v) is 7.62. The number of amides is 1. The molecule has 2 N–H and O–H groups in total. The number of aryl methyl sites for hydroxylation is 1. The summed E-state index contributed by atoms with van der Waals surface area (Å²) in [6, 6.07) is 9.00. The summed E-state index contributed by atoms with van der Waals surface area (Å²) in [5.74, 6) is 0.142. The van der Waals surface area contributed by atoms with E-state index in [0.29, 0.717) is 12.5 Å². The van der Waals surface area contributed by atoms with Gasteiger partial charge < -0.3 is 10.6 Å². The lowest BCUT2D eigenvalue weighted by Gasteiger charge is -2.18. The molecule has 0 aliphatic rings. The fourth-order valence-corrected chi connectivity index (χ4v) is 2.13. The van der Waals surface area contributed by atoms with Crippen molar-refractivity contribution in [1.82, 2.24) is 10.6 Å². The molecule has 1 atom stereocenters. The van der Waals surface area contributed by atoms with Crippen LogP contribution in [-0.4, -0.2) is 18.5 Å². The quantitative estimate of drug-likeness (QED) is 0.715. The lowest BCUT2D eigenvalue weighted by Crippen LogP contribution is -2.29. The van der Waals surface area contributed by atoms with Crippen LogP contribution < -0.4 is 10.6 Å². The minimum absolute atomic E-state index is 0.126. The predicted molar refractivity (Wildman–Crippen MR) is 84.7 cm³/mol. The van der Waals surface area contributed by atoms with Crippen molar-refractivity contribution in [3.63, 3.8) is 0 Å². The standard InChI is InChI=1S/C17H28N2O/c1-5-16(15-10-8-14(4)9-11-15)19-17(20)7-6-12-18-13(2)3/h8-11,13,16,18H,5-7,12H2,1-4H3,(H,19,20). The van der Waals surface area contributed by atoms with Crippen LogP contribution in [0.25, 0.3) is 0 Å². The summed E-state index contributed by atoms with van der Waals surface area (Å²) in [6.07, 6.45) is 2.38. The molecule has 0 radical (unpaired) electrons. The molecular weight excluding hydrogens is 248 g/mol. The van der Waals surface area contributed by atoms with Crippen LogP contribution in [0.4, 0.5) is 0 Å². The smallest absolute Gasteiger partial charge is 0.220 e. The molecule has 0 spiro atoms. The highest BCUT2D eigenvalue weighted by atomic mass is 16.1. The number of carbonyl (C=O) groups excluding carboxylic acids is 1. The number of rotatable bonds is 8. The zero-order valence-electron chi connectivity index (χ0n) is 13.2. The van der Waals surface area contributed by atoms with Crippen molar-refractivity contribution >= 4 is 5.91 Å². The zero-order chi connectivity index (χ0) is 15.0. The topological polar surface area (TPSA) is 41.1 Å². The SMILES string of the molecule is CCC(NC(=O)CCCNC(C)C)c1ccc(C)cc1. The number of nitrogens with one attached hydrogen (secondary N) is 2. The minimum atomic E-state index is 0.126. The van der Waals surface area contributed by atoms with E-state index in [-0.39, 0.29) is 11.9 Å². The van der Waals surface area contributed by atoms with Crippen molar-refractivity contribution in [2.45, 2.75) is 59.0 Å². The van der Waals surface area contributed by atoms with Gasteiger partial charge in [-0.2, -0.15) is 0 Å². The van der Waals surface area contributed by atoms with Crippen molar-refractivity contribution in [2.75, 3.05) is 6.54 Å². The van der Waals surface area contributed by atoms with Crippen LogP contribution in [0.2, 0.25) is 0 Å². The first-order valence-electron chi connectivity index (χ1n) is 7.62. The summed E-state index contributed by atoms with van der Waals surface area (Å²) < 4.78 is 0. The van der Waals surface area contributed by atoms with Gasteiger partial charge in [-0.25, -0.2) is 0 Å². The number of hydrogen-bond donors (Lipinski definition) is 2. The second-order valence-corrected chi connectivity index (χ2v) is 5.65. The molecule has 0 aliphatic carbocycles. The molecule has 0 aliphatic heterocycles. The highest BCUT2D eigenvalue weighted by Gasteiger charge is 2.12. The van der Waals surface area contributed by atoms with Gasteiger partial charge in [-0.3, -0.25) is 4.79 Å². The van der Waals surface area contributed by atoms with Crippen LogP contribution in [0.5, 0.6) is 0 Å². The van der Waals surface area contributed by atoms with Crippen LogP contribution >= 0.6 is 0 Å². The predicted octanol–water partition coefficient (Wildman–Crippen LogP) is 3.34. The molecule has 0 aromatic heterocycles. The summed E-state index contributed by atoms with van der Waals surface area (Å²) in [4.78, 5) is 12.0. The van der Waals surface area contributed by atoms with E-state index in [1.807, 2.05) is 0 Å². The first kappa shape index (κ1) is 16.7. The Balaban J connectivity index is 2.40. The Morgan fingerprint density at radius 2 is 1.85 bits per heavy atom. The molecule has 0 bridgehead atoms. The molecule has 20 heavy (non-hydrogen) atoms. The van der Waals surface area contributed by atoms with Crippen molar-refractivity contribution in [1.29, 1.82) is 0 Å². The van der Waals surface area contributed by atoms with E-state index >= 15 is 0 Å². The molecule has 112 valence electrons. The number of hydrogen-bond acceptors (Lipinski definition) is 2. The fourth-order valence-electron chi connectivity index (χ4n) is 2.13. The van der Waals surface area contributed by atoms with E-state index in [4.69, 9.17) is 0 Å². The molecule has 1 amide bonds. The maximum atomic E-state index is 12.0. The average Bonchev–Trinajstić information content (AvgIpc) is 2.42. The van der Waals surface area contributed by atoms with E-state index in [2.05, 4.69) is 62.6 Å². The van der Waals surface area contributed by atoms with Gasteiger partial charge in [-0.05, 0) is 31.9 Å². The highest BCUT2D eigenvalue weighted by molar-refractivity contribution is 5.76. The summed E-state index contributed by atoms with van der Waals surface area (Å²) in [5, 5.41) is 6.45. The Morgan fingerprint density at radius 3 is 2.40 bits per heavy atom. The molecule has 1 unspecified atom stereocenters. The van der Waals surface area contributed by atoms with Gasteiger partial charge in [-0.1, -0.05) is 50.6 Å². The molecule has 1 rings (SSSR count). The second-order valence-electron chi connectivity index (χ2n) is 5.65. The van der Waals surface area contributed by atoms with Gasteiger partial charge in [0.25, 0.3) is 0 Å². The van der Waals surface area contributed by atoms with Gasteiger partial charge in [0.1, 0.15) is 0 Å². The summed E-state index contributed by atoms with van der Waals surface area (Å²) in [7, 11) is 0. The Bertz CT molecular complexity index is 398. The van der Waals surface area contributed by atoms with Crippen LogP contribution in [0.3, 0.4) is 0 Å². The minimum Gasteiger partial charge on any atom is -0.349 e. The monoisotopic (exact) mass is 276 g/mol. The summed E-state index contributed by atoms with van der Waals surface area (Å²) >= 11 is 0. The Morgan fingerprint density at radius 1 is 1.20 bits per heavy atom. The van der Waals surface area contributed by atoms with Gasteiger partial charge >= 0.3 is 0 Å². The van der Waals surface area contributed by atoms with E-state index in [0.717, 1.165) is 19.4 Å². The van der Waals surface area contributed by atoms with Gasteiger partial charge in [0.05, 0.1) is 6.04 Å². The van der Waals surface area contributed by atoms with Crippen LogP contribution in [0.1, 0.15) is 57.2 Å². The largest absolute Gasteiger partial charge is 0.349 e. The Kier molecular flexibility index (Phi) is 7.31. The third kappa shape index (κ3) is 6.20. The van der Waals surface area contributed by atoms with Gasteiger partial charge in [0.2, 0.25) is 5.91 Å². The molecule has 3 nitrogen and oxygen atoms in total. The maximum Gasteiger partial charge on any atom is 0.220 e. The fraction of sp³-hybridized carbons (Fsp3) is 0.588. The molecule has 1 aromatic rings. The van der Waals surface area contributed by atoms with Crippen molar-refractivity contribution < 1.29 is 4.79 Å². The normalized spacial score (nSPS) is 12.4. The van der Waals surface area contributed by atoms with Crippen LogP contribution in [-0.2, 0) is 4.79 Å². The zero-order valence-corrected chi connectivity index (χ0v) is 13.2. The third-order valence-corrected chi connectivity index (χ3v) is 3.36. The average molecular weight is 276 g/mol. The van der Waals surface area contributed by atoms with Crippen LogP contribution in [0, 0.1) is 6.92 Å². The van der Waals surface area contributed by atoms with Crippen LogP contribution in [0.15, 0.2) is 24.3 Å². The summed E-state index contributed by atoms with van der Waals surface area (Å²) in [6.45, 7) is 9.30. The molecule has 0 saturated heterocycles. The molecule has 0 saturated carbocycles. The summed E-state index contributed by atoms with van der Waals surface area (Å²) in [5.41, 5.74) is 2.43. The number of carbonyl (C=O) groups is 1. The molecular formula is C17H28N2O. The van der Waals surface area contributed by atoms with Crippen molar-refractivity contribution in [3.8, 4) is 0 Å². The molecule has 0 heterocycles. The van der Waals surface area contributed by atoms with E-state index in [1.54, 1.807) is 0 Å². The maximum absolute atomic E-state index is 12.0. The van der Waals surface area contributed by atoms with E-state index in [9.17, 15) is 4.79 Å². The third-order valence-electron chi connectivity index (χ3n) is 3.36. The van der Waals surface area contributed by atoms with Gasteiger partial charge in [-0.15, -0.1) is 0 Å². The molecule has 3 heteroatoms. The lowest BCUT2D eigenvalue weighted by atomic mass is 10.0. The van der Waals surface area contributed by atoms with E-state index < -0.39 is 0 Å². The van der Waals surface area contributed by atoms with Gasteiger partial charge in [0.15, 0.2) is 0 Å². The van der Waals surface area contributed by atoms with Crippen molar-refractivity contribution in [2.24, 2.45) is 0 Å². The second kappa shape index (κ2) is 8.75. The Hall–Kier alpha value is -1.35. The van der Waals surface area contributed by atoms with Gasteiger partial charge in [0, 0.05) is 12.5 Å². The lowest BCUT2D eigenvalue weighted by molar-refractivity contribution is -0.122. The highest BCUT2D eigenvalue weighted by Crippen LogP contribution is 2.17.